The maximum atomic E-state index is 11.6. The van der Waals surface area contributed by atoms with E-state index in [1.165, 1.54) is 0 Å². The second kappa shape index (κ2) is 5.46. The molecule has 0 bridgehead atoms. The van der Waals surface area contributed by atoms with Gasteiger partial charge >= 0.3 is 0 Å². The van der Waals surface area contributed by atoms with Gasteiger partial charge in [0, 0.05) is 32.0 Å². The first-order chi connectivity index (χ1) is 7.78. The highest BCUT2D eigenvalue weighted by atomic mass is 32.2. The third-order valence-electron chi connectivity index (χ3n) is 2.51. The molecule has 1 aliphatic rings. The fourth-order valence-corrected chi connectivity index (χ4v) is 2.57. The summed E-state index contributed by atoms with van der Waals surface area (Å²) in [6, 6.07) is -0.234. The number of carbonyl (C=O) groups is 2. The molecule has 0 radical (unpaired) electrons. The monoisotopic (exact) mass is 263 g/mol. The van der Waals surface area contributed by atoms with Gasteiger partial charge < -0.3 is 10.6 Å². The number of amides is 2. The summed E-state index contributed by atoms with van der Waals surface area (Å²) in [4.78, 5) is 23.7. The van der Waals surface area contributed by atoms with Gasteiger partial charge in [-0.3, -0.25) is 9.59 Å². The number of rotatable bonds is 5. The minimum Gasteiger partial charge on any atom is -0.370 e. The van der Waals surface area contributed by atoms with Gasteiger partial charge in [-0.15, -0.1) is 0 Å². The van der Waals surface area contributed by atoms with Gasteiger partial charge in [-0.25, -0.2) is 13.1 Å². The van der Waals surface area contributed by atoms with E-state index < -0.39 is 15.9 Å². The summed E-state index contributed by atoms with van der Waals surface area (Å²) in [5.74, 6) is -0.676. The molecule has 8 heteroatoms. The van der Waals surface area contributed by atoms with Crippen LogP contribution < -0.4 is 10.5 Å². The van der Waals surface area contributed by atoms with E-state index in [9.17, 15) is 18.0 Å². The van der Waals surface area contributed by atoms with Crippen molar-refractivity contribution >= 4 is 21.8 Å². The summed E-state index contributed by atoms with van der Waals surface area (Å²) in [5.41, 5.74) is 4.95. The molecule has 3 N–H and O–H groups in total. The number of carbonyl (C=O) groups excluding carboxylic acids is 2. The molecule has 17 heavy (non-hydrogen) atoms. The number of nitrogens with one attached hydrogen (secondary N) is 1. The summed E-state index contributed by atoms with van der Waals surface area (Å²) in [6.45, 7) is 0.857. The van der Waals surface area contributed by atoms with Gasteiger partial charge in [-0.05, 0) is 6.42 Å². The van der Waals surface area contributed by atoms with Crippen LogP contribution in [0, 0.1) is 0 Å². The Kier molecular flexibility index (Phi) is 4.47. The Morgan fingerprint density at radius 1 is 1.41 bits per heavy atom. The molecule has 1 rings (SSSR count). The Hall–Kier alpha value is -1.15. The zero-order valence-corrected chi connectivity index (χ0v) is 10.5. The molecule has 0 aromatic rings. The minimum absolute atomic E-state index is 0.0273. The van der Waals surface area contributed by atoms with Crippen LogP contribution in [0.2, 0.25) is 0 Å². The van der Waals surface area contributed by atoms with Crippen LogP contribution in [0.1, 0.15) is 19.3 Å². The topological polar surface area (TPSA) is 110 Å². The maximum Gasteiger partial charge on any atom is 0.223 e. The molecule has 0 aromatic carbocycles. The van der Waals surface area contributed by atoms with Crippen LogP contribution >= 0.6 is 0 Å². The van der Waals surface area contributed by atoms with E-state index >= 15 is 0 Å². The van der Waals surface area contributed by atoms with Crippen molar-refractivity contribution in [3.63, 3.8) is 0 Å². The minimum atomic E-state index is -3.24. The van der Waals surface area contributed by atoms with Crippen molar-refractivity contribution in [2.75, 3.05) is 19.3 Å². The van der Waals surface area contributed by atoms with Gasteiger partial charge in [-0.1, -0.05) is 0 Å². The summed E-state index contributed by atoms with van der Waals surface area (Å²) in [7, 11) is -3.24. The van der Waals surface area contributed by atoms with Crippen LogP contribution in [0.4, 0.5) is 0 Å². The Bertz CT molecular complexity index is 406. The van der Waals surface area contributed by atoms with Crippen molar-refractivity contribution in [3.8, 4) is 0 Å². The molecule has 1 heterocycles. The average Bonchev–Trinajstić information content (AvgIpc) is 2.59. The molecule has 1 fully saturated rings. The lowest BCUT2D eigenvalue weighted by atomic mass is 10.2. The number of hydrogen-bond acceptors (Lipinski definition) is 4. The van der Waals surface area contributed by atoms with Gasteiger partial charge in [0.05, 0.1) is 6.26 Å². The third-order valence-corrected chi connectivity index (χ3v) is 3.27. The molecule has 98 valence electrons. The largest absolute Gasteiger partial charge is 0.370 e. The normalized spacial score (nSPS) is 20.5. The molecule has 0 saturated carbocycles. The van der Waals surface area contributed by atoms with Crippen LogP contribution in [0.25, 0.3) is 0 Å². The smallest absolute Gasteiger partial charge is 0.223 e. The summed E-state index contributed by atoms with van der Waals surface area (Å²) in [6.07, 6.45) is 1.79. The van der Waals surface area contributed by atoms with Crippen molar-refractivity contribution in [2.24, 2.45) is 5.73 Å². The second-order valence-corrected chi connectivity index (χ2v) is 5.96. The van der Waals surface area contributed by atoms with Crippen LogP contribution in [0.5, 0.6) is 0 Å². The fraction of sp³-hybridized carbons (Fsp3) is 0.778. The Morgan fingerprint density at radius 2 is 2.06 bits per heavy atom. The zero-order valence-electron chi connectivity index (χ0n) is 9.68. The summed E-state index contributed by atoms with van der Waals surface area (Å²) < 4.78 is 24.5. The molecule has 1 saturated heterocycles. The Labute approximate surface area is 100 Å². The van der Waals surface area contributed by atoms with Crippen LogP contribution in [-0.2, 0) is 19.6 Å². The van der Waals surface area contributed by atoms with Crippen LogP contribution in [-0.4, -0.2) is 50.5 Å². The fourth-order valence-electron chi connectivity index (χ4n) is 1.77. The van der Waals surface area contributed by atoms with Gasteiger partial charge in [0.15, 0.2) is 0 Å². The lowest BCUT2D eigenvalue weighted by molar-refractivity contribution is -0.132. The Balaban J connectivity index is 2.39. The van der Waals surface area contributed by atoms with E-state index in [2.05, 4.69) is 4.72 Å². The molecule has 7 nitrogen and oxygen atoms in total. The predicted octanol–water partition coefficient (Wildman–Crippen LogP) is -1.60. The van der Waals surface area contributed by atoms with E-state index in [0.29, 0.717) is 19.5 Å². The molecule has 1 unspecified atom stereocenters. The molecule has 0 spiro atoms. The number of nitrogens with zero attached hydrogens (tertiary/aromatic N) is 1. The van der Waals surface area contributed by atoms with E-state index in [0.717, 1.165) is 6.26 Å². The number of sulfonamides is 1. The van der Waals surface area contributed by atoms with E-state index in [1.807, 2.05) is 0 Å². The number of primary amides is 1. The molecule has 0 aliphatic carbocycles. The van der Waals surface area contributed by atoms with E-state index in [1.54, 1.807) is 4.90 Å². The second-order valence-electron chi connectivity index (χ2n) is 4.18. The van der Waals surface area contributed by atoms with Gasteiger partial charge in [0.1, 0.15) is 0 Å². The number of nitrogens with two attached hydrogens (primary N) is 1. The maximum absolute atomic E-state index is 11.6. The molecular formula is C9H17N3O4S. The highest BCUT2D eigenvalue weighted by molar-refractivity contribution is 7.88. The highest BCUT2D eigenvalue weighted by Crippen LogP contribution is 2.11. The SMILES string of the molecule is CS(=O)(=O)NC1CCN(C(=O)CCC(N)=O)C1. The van der Waals surface area contributed by atoms with Crippen molar-refractivity contribution in [3.05, 3.63) is 0 Å². The summed E-state index contributed by atoms with van der Waals surface area (Å²) in [5, 5.41) is 0. The van der Waals surface area contributed by atoms with Crippen molar-refractivity contribution in [2.45, 2.75) is 25.3 Å². The van der Waals surface area contributed by atoms with E-state index in [-0.39, 0.29) is 24.8 Å². The van der Waals surface area contributed by atoms with Crippen LogP contribution in [0.15, 0.2) is 0 Å². The number of hydrogen-bond donors (Lipinski definition) is 2. The number of likely N-dealkylation sites (tertiary alicyclic amines) is 1. The van der Waals surface area contributed by atoms with Gasteiger partial charge in [0.25, 0.3) is 0 Å². The molecule has 1 atom stereocenters. The first-order valence-electron chi connectivity index (χ1n) is 5.31. The summed E-state index contributed by atoms with van der Waals surface area (Å²) >= 11 is 0. The standard InChI is InChI=1S/C9H17N3O4S/c1-17(15,16)11-7-4-5-12(6-7)9(14)3-2-8(10)13/h7,11H,2-6H2,1H3,(H2,10,13). The lowest BCUT2D eigenvalue weighted by Crippen LogP contribution is -2.38. The molecule has 1 aliphatic heterocycles. The molecule has 2 amide bonds. The predicted molar refractivity (Wildman–Crippen MR) is 61.4 cm³/mol. The van der Waals surface area contributed by atoms with Crippen molar-refractivity contribution < 1.29 is 18.0 Å². The third kappa shape index (κ3) is 5.14. The van der Waals surface area contributed by atoms with E-state index in [4.69, 9.17) is 5.73 Å². The molecule has 0 aromatic heterocycles. The molecular weight excluding hydrogens is 246 g/mol. The van der Waals surface area contributed by atoms with Gasteiger partial charge in [0.2, 0.25) is 21.8 Å². The van der Waals surface area contributed by atoms with Crippen molar-refractivity contribution in [1.29, 1.82) is 0 Å². The quantitative estimate of drug-likeness (QED) is 0.622. The highest BCUT2D eigenvalue weighted by Gasteiger charge is 2.27. The van der Waals surface area contributed by atoms with Crippen LogP contribution in [0.3, 0.4) is 0 Å². The van der Waals surface area contributed by atoms with Crippen molar-refractivity contribution in [1.82, 2.24) is 9.62 Å². The Morgan fingerprint density at radius 3 is 2.59 bits per heavy atom. The zero-order chi connectivity index (χ0) is 13.1. The first kappa shape index (κ1) is 13.9. The van der Waals surface area contributed by atoms with Gasteiger partial charge in [-0.2, -0.15) is 0 Å². The first-order valence-corrected chi connectivity index (χ1v) is 7.20. The lowest BCUT2D eigenvalue weighted by Gasteiger charge is -2.16. The average molecular weight is 263 g/mol.